The minimum absolute atomic E-state index is 0.178. The zero-order valence-corrected chi connectivity index (χ0v) is 12.8. The van der Waals surface area contributed by atoms with Crippen LogP contribution in [0.15, 0.2) is 29.6 Å². The second-order valence-electron chi connectivity index (χ2n) is 4.68. The van der Waals surface area contributed by atoms with Crippen molar-refractivity contribution in [1.82, 2.24) is 10.3 Å². The lowest BCUT2D eigenvalue weighted by Crippen LogP contribution is -2.24. The van der Waals surface area contributed by atoms with E-state index in [2.05, 4.69) is 17.2 Å². The maximum absolute atomic E-state index is 10.9. The molecule has 0 saturated carbocycles. The quantitative estimate of drug-likeness (QED) is 0.770. The molecule has 2 N–H and O–H groups in total. The summed E-state index contributed by atoms with van der Waals surface area (Å²) in [4.78, 5) is 15.3. The van der Waals surface area contributed by atoms with Gasteiger partial charge >= 0.3 is 5.97 Å². The van der Waals surface area contributed by atoms with Gasteiger partial charge < -0.3 is 15.2 Å². The highest BCUT2D eigenvalue weighted by atomic mass is 32.1. The summed E-state index contributed by atoms with van der Waals surface area (Å²) < 4.78 is 5.55. The first-order chi connectivity index (χ1) is 10.1. The van der Waals surface area contributed by atoms with Gasteiger partial charge in [-0.3, -0.25) is 0 Å². The standard InChI is InChI=1S/C15H18N2O3S/c1-10-9-21-14(17-10)11(2)16-6-7-20-13-5-3-4-12(8-13)15(18)19/h3-5,8-9,11,16H,6-7H2,1-2H3,(H,18,19). The predicted molar refractivity (Wildman–Crippen MR) is 82.2 cm³/mol. The van der Waals surface area contributed by atoms with Crippen molar-refractivity contribution in [3.8, 4) is 5.75 Å². The van der Waals surface area contributed by atoms with E-state index in [1.165, 1.54) is 6.07 Å². The molecule has 1 heterocycles. The molecule has 5 nitrogen and oxygen atoms in total. The highest BCUT2D eigenvalue weighted by molar-refractivity contribution is 7.09. The van der Waals surface area contributed by atoms with Crippen LogP contribution in [0.5, 0.6) is 5.75 Å². The molecule has 0 aliphatic heterocycles. The van der Waals surface area contributed by atoms with E-state index in [0.29, 0.717) is 18.9 Å². The molecule has 0 aliphatic rings. The maximum atomic E-state index is 10.9. The van der Waals surface area contributed by atoms with Crippen LogP contribution in [-0.4, -0.2) is 29.2 Å². The number of nitrogens with one attached hydrogen (secondary N) is 1. The third-order valence-corrected chi connectivity index (χ3v) is 4.05. The van der Waals surface area contributed by atoms with Gasteiger partial charge in [0.25, 0.3) is 0 Å². The van der Waals surface area contributed by atoms with Gasteiger partial charge in [-0.05, 0) is 32.0 Å². The Morgan fingerprint density at radius 1 is 1.52 bits per heavy atom. The second-order valence-corrected chi connectivity index (χ2v) is 5.57. The number of benzene rings is 1. The zero-order chi connectivity index (χ0) is 15.2. The number of hydrogen-bond acceptors (Lipinski definition) is 5. The molecule has 1 aromatic carbocycles. The molecule has 0 spiro atoms. The lowest BCUT2D eigenvalue weighted by atomic mass is 10.2. The molecule has 0 bridgehead atoms. The molecule has 1 atom stereocenters. The third-order valence-electron chi connectivity index (χ3n) is 2.91. The summed E-state index contributed by atoms with van der Waals surface area (Å²) in [5.41, 5.74) is 1.26. The third kappa shape index (κ3) is 4.54. The van der Waals surface area contributed by atoms with Crippen molar-refractivity contribution in [2.75, 3.05) is 13.2 Å². The maximum Gasteiger partial charge on any atom is 0.335 e. The summed E-state index contributed by atoms with van der Waals surface area (Å²) in [5, 5.41) is 15.3. The Balaban J connectivity index is 1.77. The molecule has 0 amide bonds. The molecule has 2 rings (SSSR count). The first-order valence-electron chi connectivity index (χ1n) is 6.68. The van der Waals surface area contributed by atoms with E-state index in [-0.39, 0.29) is 11.6 Å². The van der Waals surface area contributed by atoms with Crippen molar-refractivity contribution in [3.05, 3.63) is 45.9 Å². The molecule has 0 saturated heterocycles. The van der Waals surface area contributed by atoms with Crippen molar-refractivity contribution in [2.24, 2.45) is 0 Å². The number of carbonyl (C=O) groups is 1. The summed E-state index contributed by atoms with van der Waals surface area (Å²) in [5.74, 6) is -0.388. The van der Waals surface area contributed by atoms with Crippen molar-refractivity contribution < 1.29 is 14.6 Å². The van der Waals surface area contributed by atoms with E-state index in [4.69, 9.17) is 9.84 Å². The molecule has 21 heavy (non-hydrogen) atoms. The van der Waals surface area contributed by atoms with Gasteiger partial charge in [0.2, 0.25) is 0 Å². The Labute approximate surface area is 127 Å². The number of thiazole rings is 1. The van der Waals surface area contributed by atoms with Crippen LogP contribution in [0.2, 0.25) is 0 Å². The number of carboxylic acids is 1. The van der Waals surface area contributed by atoms with E-state index in [1.54, 1.807) is 29.5 Å². The lowest BCUT2D eigenvalue weighted by molar-refractivity contribution is 0.0696. The molecule has 0 fully saturated rings. The number of ether oxygens (including phenoxy) is 1. The Bertz CT molecular complexity index is 612. The second kappa shape index (κ2) is 7.19. The first-order valence-corrected chi connectivity index (χ1v) is 7.56. The van der Waals surface area contributed by atoms with Crippen LogP contribution in [0.1, 0.15) is 34.0 Å². The van der Waals surface area contributed by atoms with Gasteiger partial charge in [0, 0.05) is 17.6 Å². The molecule has 112 valence electrons. The van der Waals surface area contributed by atoms with E-state index >= 15 is 0 Å². The molecule has 0 radical (unpaired) electrons. The minimum atomic E-state index is -0.952. The van der Waals surface area contributed by atoms with Gasteiger partial charge in [-0.1, -0.05) is 6.07 Å². The monoisotopic (exact) mass is 306 g/mol. The van der Waals surface area contributed by atoms with Crippen LogP contribution in [0, 0.1) is 6.92 Å². The highest BCUT2D eigenvalue weighted by Gasteiger charge is 2.08. The summed E-state index contributed by atoms with van der Waals surface area (Å²) in [6.45, 7) is 5.17. The number of carboxylic acid groups (broad SMARTS) is 1. The van der Waals surface area contributed by atoms with Crippen molar-refractivity contribution >= 4 is 17.3 Å². The highest BCUT2D eigenvalue weighted by Crippen LogP contribution is 2.17. The first kappa shape index (κ1) is 15.5. The van der Waals surface area contributed by atoms with Gasteiger partial charge in [0.15, 0.2) is 0 Å². The largest absolute Gasteiger partial charge is 0.492 e. The van der Waals surface area contributed by atoms with E-state index in [9.17, 15) is 4.79 Å². The van der Waals surface area contributed by atoms with Crippen LogP contribution in [0.25, 0.3) is 0 Å². The van der Waals surface area contributed by atoms with Crippen LogP contribution in [-0.2, 0) is 0 Å². The number of aromatic nitrogens is 1. The molecule has 2 aromatic rings. The average molecular weight is 306 g/mol. The number of hydrogen-bond donors (Lipinski definition) is 2. The Kier molecular flexibility index (Phi) is 5.30. The van der Waals surface area contributed by atoms with Crippen LogP contribution in [0.4, 0.5) is 0 Å². The topological polar surface area (TPSA) is 71.5 Å². The van der Waals surface area contributed by atoms with Gasteiger partial charge in [0.1, 0.15) is 17.4 Å². The fourth-order valence-electron chi connectivity index (χ4n) is 1.82. The fourth-order valence-corrected chi connectivity index (χ4v) is 2.65. The van der Waals surface area contributed by atoms with Crippen molar-refractivity contribution in [1.29, 1.82) is 0 Å². The van der Waals surface area contributed by atoms with Gasteiger partial charge in [-0.15, -0.1) is 11.3 Å². The van der Waals surface area contributed by atoms with Crippen LogP contribution in [0.3, 0.4) is 0 Å². The molecular formula is C15H18N2O3S. The number of aryl methyl sites for hydroxylation is 1. The molecule has 1 unspecified atom stereocenters. The predicted octanol–water partition coefficient (Wildman–Crippen LogP) is 2.88. The van der Waals surface area contributed by atoms with Gasteiger partial charge in [0.05, 0.1) is 11.6 Å². The van der Waals surface area contributed by atoms with Crippen LogP contribution < -0.4 is 10.1 Å². The lowest BCUT2D eigenvalue weighted by Gasteiger charge is -2.12. The SMILES string of the molecule is Cc1csc(C(C)NCCOc2cccc(C(=O)O)c2)n1. The average Bonchev–Trinajstić information content (AvgIpc) is 2.90. The van der Waals surface area contributed by atoms with Crippen LogP contribution >= 0.6 is 11.3 Å². The van der Waals surface area contributed by atoms with Gasteiger partial charge in [-0.2, -0.15) is 0 Å². The molecular weight excluding hydrogens is 288 g/mol. The Morgan fingerprint density at radius 3 is 3.00 bits per heavy atom. The fraction of sp³-hybridized carbons (Fsp3) is 0.333. The summed E-state index contributed by atoms with van der Waals surface area (Å²) >= 11 is 1.64. The van der Waals surface area contributed by atoms with Crippen molar-refractivity contribution in [2.45, 2.75) is 19.9 Å². The molecule has 6 heteroatoms. The normalized spacial score (nSPS) is 12.1. The Morgan fingerprint density at radius 2 is 2.33 bits per heavy atom. The smallest absolute Gasteiger partial charge is 0.335 e. The van der Waals surface area contributed by atoms with E-state index in [1.807, 2.05) is 12.3 Å². The van der Waals surface area contributed by atoms with E-state index in [0.717, 1.165) is 10.7 Å². The number of aromatic carboxylic acids is 1. The minimum Gasteiger partial charge on any atom is -0.492 e. The zero-order valence-electron chi connectivity index (χ0n) is 12.0. The Hall–Kier alpha value is -1.92. The van der Waals surface area contributed by atoms with Gasteiger partial charge in [-0.25, -0.2) is 9.78 Å². The summed E-state index contributed by atoms with van der Waals surface area (Å²) in [7, 11) is 0. The van der Waals surface area contributed by atoms with Crippen molar-refractivity contribution in [3.63, 3.8) is 0 Å². The summed E-state index contributed by atoms with van der Waals surface area (Å²) in [6.07, 6.45) is 0. The number of rotatable bonds is 7. The summed E-state index contributed by atoms with van der Waals surface area (Å²) in [6, 6.07) is 6.67. The number of nitrogens with zero attached hydrogens (tertiary/aromatic N) is 1. The molecule has 0 aliphatic carbocycles. The molecule has 1 aromatic heterocycles. The van der Waals surface area contributed by atoms with E-state index < -0.39 is 5.97 Å².